The summed E-state index contributed by atoms with van der Waals surface area (Å²) in [6.45, 7) is 2.48. The lowest BCUT2D eigenvalue weighted by Gasteiger charge is -2.12. The van der Waals surface area contributed by atoms with E-state index in [2.05, 4.69) is 22.2 Å². The maximum Gasteiger partial charge on any atom is 0.227 e. The summed E-state index contributed by atoms with van der Waals surface area (Å²) >= 11 is 0. The number of nitrogens with zero attached hydrogens (tertiary/aromatic N) is 1. The number of benzene rings is 1. The number of rotatable bonds is 8. The van der Waals surface area contributed by atoms with Crippen molar-refractivity contribution in [2.45, 2.75) is 38.7 Å². The van der Waals surface area contributed by atoms with Crippen LogP contribution in [0.25, 0.3) is 11.0 Å². The number of hydrogen-bond donors (Lipinski definition) is 3. The Balaban J connectivity index is 2.04. The van der Waals surface area contributed by atoms with Crippen LogP contribution in [0, 0.1) is 0 Å². The Hall–Kier alpha value is -1.92. The van der Waals surface area contributed by atoms with Gasteiger partial charge in [-0.25, -0.2) is 4.98 Å². The van der Waals surface area contributed by atoms with E-state index in [0.29, 0.717) is 6.54 Å². The molecule has 1 aromatic heterocycles. The molecule has 0 bridgehead atoms. The number of anilines is 1. The van der Waals surface area contributed by atoms with E-state index in [1.54, 1.807) is 7.11 Å². The van der Waals surface area contributed by atoms with Crippen LogP contribution in [0.15, 0.2) is 18.2 Å². The van der Waals surface area contributed by atoms with Crippen molar-refractivity contribution < 1.29 is 9.53 Å². The van der Waals surface area contributed by atoms with Crippen molar-refractivity contribution in [3.05, 3.63) is 24.0 Å². The minimum Gasteiger partial charge on any atom is -0.380 e. The number of methoxy groups -OCH3 is 1. The number of imidazole rings is 1. The van der Waals surface area contributed by atoms with Crippen molar-refractivity contribution in [2.75, 3.05) is 19.0 Å². The van der Waals surface area contributed by atoms with Crippen LogP contribution in [-0.4, -0.2) is 35.6 Å². The normalized spacial score (nSPS) is 12.5. The van der Waals surface area contributed by atoms with E-state index in [0.717, 1.165) is 41.8 Å². The van der Waals surface area contributed by atoms with Gasteiger partial charge in [0.2, 0.25) is 5.91 Å². The van der Waals surface area contributed by atoms with E-state index in [9.17, 15) is 4.79 Å². The number of ether oxygens (including phenoxy) is 1. The molecule has 1 aromatic carbocycles. The van der Waals surface area contributed by atoms with Crippen LogP contribution in [0.5, 0.6) is 0 Å². The molecule has 0 aliphatic carbocycles. The van der Waals surface area contributed by atoms with Crippen molar-refractivity contribution in [3.63, 3.8) is 0 Å². The van der Waals surface area contributed by atoms with Gasteiger partial charge in [0.05, 0.1) is 23.6 Å². The third-order valence-electron chi connectivity index (χ3n) is 3.59. The van der Waals surface area contributed by atoms with Gasteiger partial charge in [-0.1, -0.05) is 13.3 Å². The second-order valence-electron chi connectivity index (χ2n) is 5.36. The van der Waals surface area contributed by atoms with E-state index in [-0.39, 0.29) is 18.4 Å². The summed E-state index contributed by atoms with van der Waals surface area (Å²) < 4.78 is 5.12. The number of H-pyrrole nitrogens is 1. The fourth-order valence-electron chi connectivity index (χ4n) is 2.28. The zero-order valence-electron chi connectivity index (χ0n) is 13.2. The highest BCUT2D eigenvalue weighted by Gasteiger charge is 2.12. The first kappa shape index (κ1) is 16.5. The van der Waals surface area contributed by atoms with Crippen LogP contribution < -0.4 is 11.1 Å². The first-order valence-electron chi connectivity index (χ1n) is 7.67. The number of aryl methyl sites for hydroxylation is 1. The monoisotopic (exact) mass is 304 g/mol. The van der Waals surface area contributed by atoms with Gasteiger partial charge < -0.3 is 20.8 Å². The first-order chi connectivity index (χ1) is 10.7. The largest absolute Gasteiger partial charge is 0.380 e. The van der Waals surface area contributed by atoms with Crippen molar-refractivity contribution in [1.29, 1.82) is 0 Å². The molecule has 6 heteroatoms. The number of unbranched alkanes of at least 4 members (excludes halogenated alkanes) is 1. The molecule has 0 spiro atoms. The number of aromatic nitrogens is 2. The van der Waals surface area contributed by atoms with Crippen molar-refractivity contribution in [1.82, 2.24) is 9.97 Å². The third kappa shape index (κ3) is 4.29. The van der Waals surface area contributed by atoms with Gasteiger partial charge in [-0.05, 0) is 24.6 Å². The maximum atomic E-state index is 12.0. The molecule has 6 nitrogen and oxygen atoms in total. The van der Waals surface area contributed by atoms with Crippen molar-refractivity contribution in [3.8, 4) is 0 Å². The summed E-state index contributed by atoms with van der Waals surface area (Å²) in [6, 6.07) is 5.67. The molecular weight excluding hydrogens is 280 g/mol. The highest BCUT2D eigenvalue weighted by Crippen LogP contribution is 2.18. The number of amides is 1. The molecule has 1 amide bonds. The average molecular weight is 304 g/mol. The van der Waals surface area contributed by atoms with E-state index in [1.165, 1.54) is 0 Å². The molecule has 0 saturated carbocycles. The molecule has 22 heavy (non-hydrogen) atoms. The van der Waals surface area contributed by atoms with E-state index in [4.69, 9.17) is 10.5 Å². The zero-order valence-corrected chi connectivity index (χ0v) is 13.2. The number of carbonyl (C=O) groups excluding carboxylic acids is 1. The van der Waals surface area contributed by atoms with Gasteiger partial charge in [-0.3, -0.25) is 4.79 Å². The number of nitrogens with two attached hydrogens (primary N) is 1. The van der Waals surface area contributed by atoms with Gasteiger partial charge in [0, 0.05) is 25.8 Å². The fourth-order valence-corrected chi connectivity index (χ4v) is 2.28. The lowest BCUT2D eigenvalue weighted by molar-refractivity contribution is -0.118. The maximum absolute atomic E-state index is 12.0. The van der Waals surface area contributed by atoms with Crippen LogP contribution in [-0.2, 0) is 16.0 Å². The molecule has 0 aliphatic rings. The standard InChI is InChI=1S/C16H24N4O2/c1-3-4-5-15-19-13-7-6-11(8-14(13)20-15)18-16(21)9-12(10-17)22-2/h6-8,12H,3-5,9-10,17H2,1-2H3,(H,18,21)(H,19,20). The summed E-state index contributed by atoms with van der Waals surface area (Å²) in [6.07, 6.45) is 3.19. The van der Waals surface area contributed by atoms with Crippen LogP contribution in [0.3, 0.4) is 0 Å². The number of hydrogen-bond acceptors (Lipinski definition) is 4. The fraction of sp³-hybridized carbons (Fsp3) is 0.500. The second kappa shape index (κ2) is 7.91. The van der Waals surface area contributed by atoms with Crippen LogP contribution in [0.4, 0.5) is 5.69 Å². The summed E-state index contributed by atoms with van der Waals surface area (Å²) in [5, 5.41) is 2.86. The number of aromatic amines is 1. The second-order valence-corrected chi connectivity index (χ2v) is 5.36. The first-order valence-corrected chi connectivity index (χ1v) is 7.67. The van der Waals surface area contributed by atoms with Crippen molar-refractivity contribution >= 4 is 22.6 Å². The molecule has 0 radical (unpaired) electrons. The Labute approximate surface area is 130 Å². The van der Waals surface area contributed by atoms with E-state index < -0.39 is 0 Å². The minimum atomic E-state index is -0.253. The Morgan fingerprint density at radius 3 is 3.00 bits per heavy atom. The smallest absolute Gasteiger partial charge is 0.227 e. The third-order valence-corrected chi connectivity index (χ3v) is 3.59. The number of nitrogens with one attached hydrogen (secondary N) is 2. The summed E-state index contributed by atoms with van der Waals surface area (Å²) in [5.74, 6) is 0.880. The van der Waals surface area contributed by atoms with E-state index >= 15 is 0 Å². The Bertz CT molecular complexity index is 620. The van der Waals surface area contributed by atoms with Gasteiger partial charge in [0.25, 0.3) is 0 Å². The van der Waals surface area contributed by atoms with Gasteiger partial charge in [0.1, 0.15) is 5.82 Å². The Kier molecular flexibility index (Phi) is 5.91. The Morgan fingerprint density at radius 2 is 2.32 bits per heavy atom. The minimum absolute atomic E-state index is 0.109. The molecule has 0 aliphatic heterocycles. The molecule has 1 atom stereocenters. The average Bonchev–Trinajstić information content (AvgIpc) is 2.92. The molecular formula is C16H24N4O2. The van der Waals surface area contributed by atoms with Gasteiger partial charge >= 0.3 is 0 Å². The Morgan fingerprint density at radius 1 is 1.50 bits per heavy atom. The molecule has 1 heterocycles. The highest BCUT2D eigenvalue weighted by atomic mass is 16.5. The molecule has 2 aromatic rings. The van der Waals surface area contributed by atoms with E-state index in [1.807, 2.05) is 18.2 Å². The van der Waals surface area contributed by atoms with Crippen LogP contribution in [0.1, 0.15) is 32.0 Å². The predicted octanol–water partition coefficient (Wildman–Crippen LogP) is 2.21. The molecule has 2 rings (SSSR count). The summed E-state index contributed by atoms with van der Waals surface area (Å²) in [4.78, 5) is 19.8. The topological polar surface area (TPSA) is 93.0 Å². The highest BCUT2D eigenvalue weighted by molar-refractivity contribution is 5.93. The van der Waals surface area contributed by atoms with Crippen LogP contribution >= 0.6 is 0 Å². The number of fused-ring (bicyclic) bond motifs is 1. The van der Waals surface area contributed by atoms with Crippen LogP contribution in [0.2, 0.25) is 0 Å². The molecule has 1 unspecified atom stereocenters. The molecule has 0 fully saturated rings. The molecule has 0 saturated heterocycles. The number of carbonyl (C=O) groups is 1. The van der Waals surface area contributed by atoms with Gasteiger partial charge in [0.15, 0.2) is 0 Å². The SMILES string of the molecule is CCCCc1nc2ccc(NC(=O)CC(CN)OC)cc2[nH]1. The van der Waals surface area contributed by atoms with Gasteiger partial charge in [-0.15, -0.1) is 0 Å². The quantitative estimate of drug-likeness (QED) is 0.697. The lowest BCUT2D eigenvalue weighted by atomic mass is 10.2. The lowest BCUT2D eigenvalue weighted by Crippen LogP contribution is -2.28. The molecule has 120 valence electrons. The van der Waals surface area contributed by atoms with Gasteiger partial charge in [-0.2, -0.15) is 0 Å². The zero-order chi connectivity index (χ0) is 15.9. The summed E-state index contributed by atoms with van der Waals surface area (Å²) in [5.41, 5.74) is 8.12. The predicted molar refractivity (Wildman–Crippen MR) is 87.8 cm³/mol. The summed E-state index contributed by atoms with van der Waals surface area (Å²) in [7, 11) is 1.55. The molecule has 4 N–H and O–H groups in total. The van der Waals surface area contributed by atoms with Crippen molar-refractivity contribution in [2.24, 2.45) is 5.73 Å².